The van der Waals surface area contributed by atoms with Gasteiger partial charge in [0.05, 0.1) is 5.69 Å². The number of rotatable bonds is 4. The number of nitrogens with one attached hydrogen (secondary N) is 2. The van der Waals surface area contributed by atoms with Gasteiger partial charge in [-0.05, 0) is 24.6 Å². The summed E-state index contributed by atoms with van der Waals surface area (Å²) in [6.07, 6.45) is 2.00. The molecule has 0 fully saturated rings. The van der Waals surface area contributed by atoms with Crippen molar-refractivity contribution in [3.05, 3.63) is 40.9 Å². The van der Waals surface area contributed by atoms with Crippen LogP contribution in [0.2, 0.25) is 5.02 Å². The summed E-state index contributed by atoms with van der Waals surface area (Å²) < 4.78 is 13.7. The van der Waals surface area contributed by atoms with Crippen LogP contribution in [0, 0.1) is 5.82 Å². The summed E-state index contributed by atoms with van der Waals surface area (Å²) in [7, 11) is 0. The molecular weight excluding hydrogens is 269 g/mol. The normalized spacial score (nSPS) is 10.3. The number of benzene rings is 1. The van der Waals surface area contributed by atoms with E-state index in [0.29, 0.717) is 28.8 Å². The van der Waals surface area contributed by atoms with Crippen LogP contribution in [0.1, 0.15) is 12.5 Å². The minimum absolute atomic E-state index is 0.292. The second-order valence-corrected chi connectivity index (χ2v) is 4.23. The molecule has 4 N–H and O–H groups in total. The first-order chi connectivity index (χ1) is 9.15. The van der Waals surface area contributed by atoms with Crippen LogP contribution >= 0.6 is 11.6 Å². The average Bonchev–Trinajstić information content (AvgIpc) is 2.41. The Bertz CT molecular complexity index is 590. The van der Waals surface area contributed by atoms with Crippen molar-refractivity contribution in [2.24, 2.45) is 5.84 Å². The average molecular weight is 282 g/mol. The zero-order chi connectivity index (χ0) is 13.8. The summed E-state index contributed by atoms with van der Waals surface area (Å²) in [6.45, 7) is 1.93. The third kappa shape index (κ3) is 2.91. The molecule has 0 aliphatic heterocycles. The monoisotopic (exact) mass is 281 g/mol. The smallest absolute Gasteiger partial charge is 0.148 e. The van der Waals surface area contributed by atoms with Crippen molar-refractivity contribution < 1.29 is 4.39 Å². The van der Waals surface area contributed by atoms with Crippen LogP contribution in [-0.4, -0.2) is 9.97 Å². The maximum atomic E-state index is 13.7. The van der Waals surface area contributed by atoms with Gasteiger partial charge in [0.15, 0.2) is 0 Å². The molecule has 0 spiro atoms. The number of hydrazine groups is 1. The van der Waals surface area contributed by atoms with E-state index in [1.165, 1.54) is 12.4 Å². The molecule has 0 unspecified atom stereocenters. The number of hydrogen-bond donors (Lipinski definition) is 3. The Morgan fingerprint density at radius 1 is 1.32 bits per heavy atom. The van der Waals surface area contributed by atoms with Gasteiger partial charge in [-0.2, -0.15) is 0 Å². The molecule has 0 bridgehead atoms. The molecule has 0 radical (unpaired) electrons. The van der Waals surface area contributed by atoms with Gasteiger partial charge in [-0.15, -0.1) is 0 Å². The van der Waals surface area contributed by atoms with E-state index in [1.807, 2.05) is 6.92 Å². The zero-order valence-electron chi connectivity index (χ0n) is 10.2. The number of nitrogen functional groups attached to an aromatic ring is 1. The highest BCUT2D eigenvalue weighted by molar-refractivity contribution is 6.30. The fraction of sp³-hybridized carbons (Fsp3) is 0.167. The van der Waals surface area contributed by atoms with E-state index < -0.39 is 5.82 Å². The molecule has 0 aliphatic rings. The number of aromatic nitrogens is 2. The quantitative estimate of drug-likeness (QED) is 0.593. The highest BCUT2D eigenvalue weighted by Gasteiger charge is 2.11. The third-order valence-electron chi connectivity index (χ3n) is 2.62. The summed E-state index contributed by atoms with van der Waals surface area (Å²) >= 11 is 5.71. The molecule has 7 heteroatoms. The number of nitrogens with zero attached hydrogens (tertiary/aromatic N) is 2. The lowest BCUT2D eigenvalue weighted by Gasteiger charge is -2.13. The van der Waals surface area contributed by atoms with Crippen LogP contribution in [0.4, 0.5) is 21.7 Å². The molecule has 5 nitrogen and oxygen atoms in total. The van der Waals surface area contributed by atoms with Crippen LogP contribution in [-0.2, 0) is 6.42 Å². The summed E-state index contributed by atoms with van der Waals surface area (Å²) in [5.41, 5.74) is 3.56. The topological polar surface area (TPSA) is 75.9 Å². The second kappa shape index (κ2) is 5.81. The maximum absolute atomic E-state index is 13.7. The largest absolute Gasteiger partial charge is 0.337 e. The van der Waals surface area contributed by atoms with Gasteiger partial charge in [0, 0.05) is 10.6 Å². The molecule has 0 amide bonds. The first-order valence-electron chi connectivity index (χ1n) is 5.68. The van der Waals surface area contributed by atoms with E-state index in [4.69, 9.17) is 17.4 Å². The molecule has 100 valence electrons. The van der Waals surface area contributed by atoms with Crippen LogP contribution in [0.25, 0.3) is 0 Å². The molecule has 0 atom stereocenters. The van der Waals surface area contributed by atoms with Gasteiger partial charge in [-0.1, -0.05) is 18.5 Å². The minimum atomic E-state index is -0.449. The van der Waals surface area contributed by atoms with Gasteiger partial charge >= 0.3 is 0 Å². The molecule has 1 heterocycles. The Balaban J connectivity index is 2.37. The van der Waals surface area contributed by atoms with Gasteiger partial charge < -0.3 is 10.7 Å². The van der Waals surface area contributed by atoms with E-state index in [1.54, 1.807) is 12.1 Å². The van der Waals surface area contributed by atoms with Crippen molar-refractivity contribution in [2.45, 2.75) is 13.3 Å². The molecule has 0 saturated carbocycles. The van der Waals surface area contributed by atoms with Crippen LogP contribution in [0.5, 0.6) is 0 Å². The predicted octanol–water partition coefficient (Wildman–Crippen LogP) is 2.86. The predicted molar refractivity (Wildman–Crippen MR) is 73.9 cm³/mol. The van der Waals surface area contributed by atoms with E-state index in [9.17, 15) is 4.39 Å². The Hall–Kier alpha value is -1.92. The second-order valence-electron chi connectivity index (χ2n) is 3.80. The first-order valence-corrected chi connectivity index (χ1v) is 6.06. The fourth-order valence-corrected chi connectivity index (χ4v) is 1.86. The van der Waals surface area contributed by atoms with Gasteiger partial charge in [-0.3, -0.25) is 0 Å². The van der Waals surface area contributed by atoms with Crippen molar-refractivity contribution in [3.8, 4) is 0 Å². The summed E-state index contributed by atoms with van der Waals surface area (Å²) in [6, 6.07) is 4.38. The lowest BCUT2D eigenvalue weighted by molar-refractivity contribution is 0.632. The summed E-state index contributed by atoms with van der Waals surface area (Å²) in [5, 5.41) is 3.25. The maximum Gasteiger partial charge on any atom is 0.148 e. The number of anilines is 3. The van der Waals surface area contributed by atoms with Crippen molar-refractivity contribution in [3.63, 3.8) is 0 Å². The molecule has 0 saturated heterocycles. The van der Waals surface area contributed by atoms with Crippen molar-refractivity contribution >= 4 is 28.9 Å². The molecule has 1 aromatic heterocycles. The highest BCUT2D eigenvalue weighted by atomic mass is 35.5. The van der Waals surface area contributed by atoms with Crippen LogP contribution in [0.15, 0.2) is 24.5 Å². The molecule has 2 rings (SSSR count). The molecule has 0 aliphatic carbocycles. The van der Waals surface area contributed by atoms with Crippen molar-refractivity contribution in [1.82, 2.24) is 9.97 Å². The first kappa shape index (κ1) is 13.5. The Morgan fingerprint density at radius 2 is 2.05 bits per heavy atom. The third-order valence-corrected chi connectivity index (χ3v) is 2.85. The van der Waals surface area contributed by atoms with Gasteiger partial charge in [0.2, 0.25) is 0 Å². The number of halogens is 2. The van der Waals surface area contributed by atoms with Crippen molar-refractivity contribution in [1.29, 1.82) is 0 Å². The fourth-order valence-electron chi connectivity index (χ4n) is 1.70. The lowest BCUT2D eigenvalue weighted by Crippen LogP contribution is -2.13. The van der Waals surface area contributed by atoms with E-state index in [2.05, 4.69) is 20.7 Å². The van der Waals surface area contributed by atoms with E-state index in [-0.39, 0.29) is 0 Å². The van der Waals surface area contributed by atoms with E-state index >= 15 is 0 Å². The van der Waals surface area contributed by atoms with Crippen LogP contribution in [0.3, 0.4) is 0 Å². The lowest BCUT2D eigenvalue weighted by atomic mass is 10.2. The molecule has 19 heavy (non-hydrogen) atoms. The Labute approximate surface area is 115 Å². The Morgan fingerprint density at radius 3 is 2.68 bits per heavy atom. The standard InChI is InChI=1S/C12H13ClFN5/c1-2-8-11(16-6-17-12(8)19-15)18-10-4-3-7(13)5-9(10)14/h3-6H,2,15H2,1H3,(H2,16,17,18,19). The van der Waals surface area contributed by atoms with Gasteiger partial charge in [0.1, 0.15) is 23.8 Å². The van der Waals surface area contributed by atoms with Crippen molar-refractivity contribution in [2.75, 3.05) is 10.7 Å². The molecular formula is C12H13ClFN5. The van der Waals surface area contributed by atoms with Gasteiger partial charge in [0.25, 0.3) is 0 Å². The Kier molecular flexibility index (Phi) is 4.13. The highest BCUT2D eigenvalue weighted by Crippen LogP contribution is 2.26. The number of nitrogens with two attached hydrogens (primary N) is 1. The minimum Gasteiger partial charge on any atom is -0.337 e. The zero-order valence-corrected chi connectivity index (χ0v) is 11.0. The summed E-state index contributed by atoms with van der Waals surface area (Å²) in [4.78, 5) is 8.10. The van der Waals surface area contributed by atoms with Crippen LogP contribution < -0.4 is 16.6 Å². The SMILES string of the molecule is CCc1c(NN)ncnc1Nc1ccc(Cl)cc1F. The van der Waals surface area contributed by atoms with Gasteiger partial charge in [-0.25, -0.2) is 20.2 Å². The number of hydrogen-bond acceptors (Lipinski definition) is 5. The summed E-state index contributed by atoms with van der Waals surface area (Å²) in [5.74, 6) is 5.94. The molecule has 2 aromatic rings. The molecule has 1 aromatic carbocycles. The van der Waals surface area contributed by atoms with E-state index in [0.717, 1.165) is 5.56 Å².